The summed E-state index contributed by atoms with van der Waals surface area (Å²) in [4.78, 5) is 33.5. The Hall–Kier alpha value is -3.73. The molecule has 0 fully saturated rings. The molecule has 0 aliphatic heterocycles. The molecule has 1 aromatic carbocycles. The molecule has 0 saturated carbocycles. The number of ether oxygens (including phenoxy) is 2. The van der Waals surface area contributed by atoms with Crippen LogP contribution in [-0.4, -0.2) is 73.4 Å². The molecule has 3 aromatic rings. The average Bonchev–Trinajstić information content (AvgIpc) is 3.25. The lowest BCUT2D eigenvalue weighted by atomic mass is 10.1. The van der Waals surface area contributed by atoms with Crippen LogP contribution in [0.2, 0.25) is 5.02 Å². The van der Waals surface area contributed by atoms with Gasteiger partial charge >= 0.3 is 6.09 Å². The molecule has 0 N–H and O–H groups in total. The topological polar surface area (TPSA) is 116 Å². The number of hydrogen-bond donors (Lipinski definition) is 0. The zero-order valence-electron chi connectivity index (χ0n) is 22.6. The van der Waals surface area contributed by atoms with Gasteiger partial charge in [-0.2, -0.15) is 0 Å². The van der Waals surface area contributed by atoms with Gasteiger partial charge in [-0.05, 0) is 75.4 Å². The molecule has 38 heavy (non-hydrogen) atoms. The van der Waals surface area contributed by atoms with Crippen molar-refractivity contribution in [3.63, 3.8) is 0 Å². The molecule has 0 bridgehead atoms. The van der Waals surface area contributed by atoms with Gasteiger partial charge in [-0.15, -0.1) is 5.10 Å². The van der Waals surface area contributed by atoms with Crippen LogP contribution in [0.15, 0.2) is 42.7 Å². The molecule has 2 aromatic heterocycles. The molecule has 0 unspecified atom stereocenters. The minimum absolute atomic E-state index is 0.0604. The van der Waals surface area contributed by atoms with E-state index in [0.717, 1.165) is 0 Å². The minimum atomic E-state index is -0.656. The van der Waals surface area contributed by atoms with Crippen molar-refractivity contribution in [2.24, 2.45) is 7.05 Å². The van der Waals surface area contributed by atoms with E-state index in [1.807, 2.05) is 13.8 Å². The van der Waals surface area contributed by atoms with Gasteiger partial charge in [0.25, 0.3) is 5.91 Å². The fourth-order valence-electron chi connectivity index (χ4n) is 3.63. The summed E-state index contributed by atoms with van der Waals surface area (Å²) in [5.41, 5.74) is 0.373. The van der Waals surface area contributed by atoms with Crippen molar-refractivity contribution in [1.82, 2.24) is 30.1 Å². The highest BCUT2D eigenvalue weighted by Crippen LogP contribution is 2.24. The number of carbonyl (C=O) groups is 2. The van der Waals surface area contributed by atoms with Crippen LogP contribution in [0.4, 0.5) is 10.5 Å². The summed E-state index contributed by atoms with van der Waals surface area (Å²) in [6.45, 7) is 10.1. The van der Waals surface area contributed by atoms with Gasteiger partial charge in [0.15, 0.2) is 5.82 Å². The molecule has 0 atom stereocenters. The Morgan fingerprint density at radius 1 is 1.11 bits per heavy atom. The second-order valence-electron chi connectivity index (χ2n) is 9.92. The van der Waals surface area contributed by atoms with Gasteiger partial charge in [-0.1, -0.05) is 11.6 Å². The van der Waals surface area contributed by atoms with Crippen molar-refractivity contribution in [3.05, 3.63) is 59.1 Å². The first kappa shape index (κ1) is 28.8. The standard InChI is InChI=1S/C26H34ClN7O4/c1-18(2)33(12-9-23-29-30-31-32(23)6)24(35)19-15-20(27)17-22(16-19)37-14-13-34(21-7-10-28-11-8-21)25(36)38-26(3,4)5/h7-8,10-11,15-18H,9,12-14H2,1-6H3. The first-order valence-corrected chi connectivity index (χ1v) is 12.7. The number of aromatic nitrogens is 5. The number of benzene rings is 1. The maximum absolute atomic E-state index is 13.4. The van der Waals surface area contributed by atoms with E-state index in [0.29, 0.717) is 40.8 Å². The third kappa shape index (κ3) is 8.14. The third-order valence-corrected chi connectivity index (χ3v) is 5.68. The lowest BCUT2D eigenvalue weighted by Gasteiger charge is -2.27. The van der Waals surface area contributed by atoms with Crippen molar-refractivity contribution >= 4 is 29.3 Å². The van der Waals surface area contributed by atoms with Crippen molar-refractivity contribution in [3.8, 4) is 5.75 Å². The van der Waals surface area contributed by atoms with Gasteiger partial charge in [0, 0.05) is 49.0 Å². The van der Waals surface area contributed by atoms with Crippen LogP contribution < -0.4 is 9.64 Å². The van der Waals surface area contributed by atoms with Gasteiger partial charge in [0.05, 0.1) is 12.2 Å². The highest BCUT2D eigenvalue weighted by molar-refractivity contribution is 6.31. The molecule has 0 spiro atoms. The van der Waals surface area contributed by atoms with Gasteiger partial charge in [0.1, 0.15) is 18.0 Å². The first-order chi connectivity index (χ1) is 17.9. The highest BCUT2D eigenvalue weighted by atomic mass is 35.5. The summed E-state index contributed by atoms with van der Waals surface area (Å²) in [7, 11) is 1.76. The molecule has 12 heteroatoms. The largest absolute Gasteiger partial charge is 0.492 e. The maximum Gasteiger partial charge on any atom is 0.414 e. The molecule has 0 aliphatic rings. The van der Waals surface area contributed by atoms with Crippen LogP contribution in [0.25, 0.3) is 0 Å². The molecular weight excluding hydrogens is 510 g/mol. The summed E-state index contributed by atoms with van der Waals surface area (Å²) in [6, 6.07) is 8.27. The molecule has 0 saturated heterocycles. The number of aryl methyl sites for hydroxylation is 1. The molecular formula is C26H34ClN7O4. The Morgan fingerprint density at radius 2 is 1.82 bits per heavy atom. The molecule has 0 aliphatic carbocycles. The van der Waals surface area contributed by atoms with Gasteiger partial charge in [0.2, 0.25) is 0 Å². The van der Waals surface area contributed by atoms with E-state index in [2.05, 4.69) is 20.5 Å². The summed E-state index contributed by atoms with van der Waals surface area (Å²) < 4.78 is 13.1. The summed E-state index contributed by atoms with van der Waals surface area (Å²) in [5.74, 6) is 0.915. The molecule has 0 radical (unpaired) electrons. The van der Waals surface area contributed by atoms with Gasteiger partial charge in [-0.25, -0.2) is 9.48 Å². The maximum atomic E-state index is 13.4. The smallest absolute Gasteiger partial charge is 0.414 e. The normalized spacial score (nSPS) is 11.4. The molecule has 2 heterocycles. The van der Waals surface area contributed by atoms with Crippen LogP contribution in [-0.2, 0) is 18.2 Å². The third-order valence-electron chi connectivity index (χ3n) is 5.46. The SMILES string of the molecule is CC(C)N(CCc1nnnn1C)C(=O)c1cc(Cl)cc(OCCN(C(=O)OC(C)(C)C)c2ccncc2)c1. The Labute approximate surface area is 227 Å². The van der Waals surface area contributed by atoms with Crippen molar-refractivity contribution in [1.29, 1.82) is 0 Å². The van der Waals surface area contributed by atoms with E-state index in [9.17, 15) is 9.59 Å². The number of anilines is 1. The second kappa shape index (κ2) is 12.7. The van der Waals surface area contributed by atoms with Gasteiger partial charge < -0.3 is 14.4 Å². The zero-order chi connectivity index (χ0) is 27.9. The number of rotatable bonds is 10. The van der Waals surface area contributed by atoms with E-state index in [1.165, 1.54) is 4.90 Å². The Balaban J connectivity index is 1.71. The second-order valence-corrected chi connectivity index (χ2v) is 10.4. The van der Waals surface area contributed by atoms with Crippen LogP contribution in [0, 0.1) is 0 Å². The van der Waals surface area contributed by atoms with E-state index < -0.39 is 11.7 Å². The van der Waals surface area contributed by atoms with Crippen LogP contribution in [0.5, 0.6) is 5.75 Å². The lowest BCUT2D eigenvalue weighted by molar-refractivity contribution is 0.0574. The predicted octanol–water partition coefficient (Wildman–Crippen LogP) is 4.17. The number of carbonyl (C=O) groups excluding carboxylic acids is 2. The fourth-order valence-corrected chi connectivity index (χ4v) is 3.86. The van der Waals surface area contributed by atoms with Crippen LogP contribution in [0.3, 0.4) is 0 Å². The van der Waals surface area contributed by atoms with Gasteiger partial charge in [-0.3, -0.25) is 14.7 Å². The monoisotopic (exact) mass is 543 g/mol. The predicted molar refractivity (Wildman–Crippen MR) is 143 cm³/mol. The number of pyridine rings is 1. The number of halogens is 1. The molecule has 2 amide bonds. The molecule has 3 rings (SSSR count). The quantitative estimate of drug-likeness (QED) is 0.374. The highest BCUT2D eigenvalue weighted by Gasteiger charge is 2.24. The van der Waals surface area contributed by atoms with E-state index in [-0.39, 0.29) is 25.1 Å². The number of nitrogens with zero attached hydrogens (tertiary/aromatic N) is 7. The van der Waals surface area contributed by atoms with E-state index >= 15 is 0 Å². The van der Waals surface area contributed by atoms with Crippen LogP contribution >= 0.6 is 11.6 Å². The number of amides is 2. The summed E-state index contributed by atoms with van der Waals surface area (Å²) >= 11 is 6.35. The molecule has 11 nitrogen and oxygen atoms in total. The number of tetrazole rings is 1. The van der Waals surface area contributed by atoms with Crippen molar-refractivity contribution in [2.75, 3.05) is 24.6 Å². The minimum Gasteiger partial charge on any atom is -0.492 e. The Kier molecular flexibility index (Phi) is 9.62. The summed E-state index contributed by atoms with van der Waals surface area (Å²) in [5, 5.41) is 11.8. The van der Waals surface area contributed by atoms with Crippen molar-refractivity contribution in [2.45, 2.75) is 52.7 Å². The zero-order valence-corrected chi connectivity index (χ0v) is 23.3. The number of hydrogen-bond acceptors (Lipinski definition) is 8. The van der Waals surface area contributed by atoms with Crippen molar-refractivity contribution < 1.29 is 19.1 Å². The summed E-state index contributed by atoms with van der Waals surface area (Å²) in [6.07, 6.45) is 3.21. The van der Waals surface area contributed by atoms with E-state index in [1.54, 1.807) is 80.1 Å². The lowest BCUT2D eigenvalue weighted by Crippen LogP contribution is -2.39. The Morgan fingerprint density at radius 3 is 2.42 bits per heavy atom. The first-order valence-electron chi connectivity index (χ1n) is 12.3. The fraction of sp³-hybridized carbons (Fsp3) is 0.462. The van der Waals surface area contributed by atoms with E-state index in [4.69, 9.17) is 21.1 Å². The average molecular weight is 544 g/mol. The van der Waals surface area contributed by atoms with Crippen LogP contribution in [0.1, 0.15) is 50.8 Å². The Bertz CT molecular complexity index is 1230. The molecule has 204 valence electrons.